The monoisotopic (exact) mass is 292 g/mol. The normalized spacial score (nSPS) is 14.3. The molecule has 1 aromatic carbocycles. The van der Waals surface area contributed by atoms with Gasteiger partial charge in [0.25, 0.3) is 0 Å². The average Bonchev–Trinajstić information content (AvgIpc) is 2.85. The van der Waals surface area contributed by atoms with Crippen molar-refractivity contribution in [2.45, 2.75) is 31.0 Å². The number of nitrogens with one attached hydrogen (secondary N) is 2. The molecule has 1 amide bonds. The van der Waals surface area contributed by atoms with Crippen molar-refractivity contribution in [1.82, 2.24) is 15.3 Å². The van der Waals surface area contributed by atoms with E-state index < -0.39 is 5.54 Å². The Morgan fingerprint density at radius 1 is 1.50 bits per heavy atom. The lowest BCUT2D eigenvalue weighted by Gasteiger charge is -2.26. The molecule has 6 heteroatoms. The molecular weight excluding hydrogens is 272 g/mol. The third-order valence-electron chi connectivity index (χ3n) is 3.17. The zero-order valence-corrected chi connectivity index (χ0v) is 12.6. The summed E-state index contributed by atoms with van der Waals surface area (Å²) < 4.78 is 0. The van der Waals surface area contributed by atoms with Gasteiger partial charge in [-0.1, -0.05) is 30.8 Å². The van der Waals surface area contributed by atoms with Gasteiger partial charge in [-0.2, -0.15) is 0 Å². The van der Waals surface area contributed by atoms with E-state index in [1.165, 1.54) is 11.8 Å². The Kier molecular flexibility index (Phi) is 4.67. The number of carbonyl (C=O) groups excluding carboxylic acids is 1. The van der Waals surface area contributed by atoms with Gasteiger partial charge in [-0.15, -0.1) is 0 Å². The van der Waals surface area contributed by atoms with Crippen LogP contribution in [-0.2, 0) is 4.79 Å². The van der Waals surface area contributed by atoms with Crippen LogP contribution in [-0.4, -0.2) is 33.7 Å². The zero-order valence-electron chi connectivity index (χ0n) is 11.8. The first-order valence-corrected chi connectivity index (χ1v) is 7.66. The van der Waals surface area contributed by atoms with E-state index in [0.29, 0.717) is 5.75 Å². The van der Waals surface area contributed by atoms with Crippen molar-refractivity contribution in [2.75, 3.05) is 12.3 Å². The first kappa shape index (κ1) is 14.9. The molecule has 0 saturated heterocycles. The SMILES string of the molecule is CCCNC(C)(CSc1nc2ccccc2[nH]1)C(N)=O. The minimum absolute atomic E-state index is 0.338. The summed E-state index contributed by atoms with van der Waals surface area (Å²) in [6.45, 7) is 4.65. The highest BCUT2D eigenvalue weighted by Gasteiger charge is 2.30. The smallest absolute Gasteiger partial charge is 0.238 e. The summed E-state index contributed by atoms with van der Waals surface area (Å²) in [5.74, 6) is 0.205. The lowest BCUT2D eigenvalue weighted by atomic mass is 10.1. The molecule has 1 aromatic heterocycles. The number of primary amides is 1. The van der Waals surface area contributed by atoms with Crippen LogP contribution in [0.5, 0.6) is 0 Å². The van der Waals surface area contributed by atoms with Crippen molar-refractivity contribution >= 4 is 28.7 Å². The number of benzene rings is 1. The van der Waals surface area contributed by atoms with Gasteiger partial charge in [0.05, 0.1) is 11.0 Å². The number of nitrogens with zero attached hydrogens (tertiary/aromatic N) is 1. The number of hydrogen-bond acceptors (Lipinski definition) is 4. The van der Waals surface area contributed by atoms with Crippen molar-refractivity contribution in [1.29, 1.82) is 0 Å². The number of aromatic nitrogens is 2. The minimum atomic E-state index is -0.723. The number of carbonyl (C=O) groups is 1. The van der Waals surface area contributed by atoms with Gasteiger partial charge in [0.1, 0.15) is 5.54 Å². The van der Waals surface area contributed by atoms with Gasteiger partial charge in [-0.3, -0.25) is 4.79 Å². The third kappa shape index (κ3) is 3.32. The number of imidazole rings is 1. The fraction of sp³-hybridized carbons (Fsp3) is 0.429. The van der Waals surface area contributed by atoms with E-state index in [1.807, 2.05) is 31.2 Å². The molecule has 1 unspecified atom stereocenters. The molecule has 5 nitrogen and oxygen atoms in total. The molecule has 108 valence electrons. The molecule has 0 aliphatic rings. The predicted molar refractivity (Wildman–Crippen MR) is 82.7 cm³/mol. The molecular formula is C14H20N4OS. The summed E-state index contributed by atoms with van der Waals surface area (Å²) in [6.07, 6.45) is 0.957. The fourth-order valence-electron chi connectivity index (χ4n) is 1.82. The summed E-state index contributed by atoms with van der Waals surface area (Å²) in [5.41, 5.74) is 6.71. The molecule has 0 saturated carbocycles. The number of aromatic amines is 1. The zero-order chi connectivity index (χ0) is 14.6. The number of fused-ring (bicyclic) bond motifs is 1. The highest BCUT2D eigenvalue weighted by molar-refractivity contribution is 7.99. The summed E-state index contributed by atoms with van der Waals surface area (Å²) in [7, 11) is 0. The van der Waals surface area contributed by atoms with Crippen molar-refractivity contribution in [3.05, 3.63) is 24.3 Å². The maximum absolute atomic E-state index is 11.6. The van der Waals surface area contributed by atoms with Gasteiger partial charge in [0.15, 0.2) is 5.16 Å². The number of para-hydroxylation sites is 2. The quantitative estimate of drug-likeness (QED) is 0.681. The van der Waals surface area contributed by atoms with Crippen LogP contribution < -0.4 is 11.1 Å². The Bertz CT molecular complexity index is 565. The molecule has 20 heavy (non-hydrogen) atoms. The van der Waals surface area contributed by atoms with E-state index in [4.69, 9.17) is 5.73 Å². The van der Waals surface area contributed by atoms with Crippen LogP contribution in [0.15, 0.2) is 29.4 Å². The van der Waals surface area contributed by atoms with Crippen LogP contribution in [0.3, 0.4) is 0 Å². The molecule has 0 fully saturated rings. The Hall–Kier alpha value is -1.53. The van der Waals surface area contributed by atoms with E-state index in [0.717, 1.165) is 29.2 Å². The Morgan fingerprint density at radius 3 is 2.90 bits per heavy atom. The van der Waals surface area contributed by atoms with Crippen molar-refractivity contribution < 1.29 is 4.79 Å². The highest BCUT2D eigenvalue weighted by Crippen LogP contribution is 2.23. The van der Waals surface area contributed by atoms with Crippen LogP contribution in [0, 0.1) is 0 Å². The molecule has 2 aromatic rings. The van der Waals surface area contributed by atoms with Crippen LogP contribution in [0.4, 0.5) is 0 Å². The van der Waals surface area contributed by atoms with Gasteiger partial charge in [0.2, 0.25) is 5.91 Å². The van der Waals surface area contributed by atoms with Gasteiger partial charge in [-0.05, 0) is 32.0 Å². The molecule has 1 atom stereocenters. The molecule has 1 heterocycles. The number of H-pyrrole nitrogens is 1. The topological polar surface area (TPSA) is 83.8 Å². The summed E-state index contributed by atoms with van der Waals surface area (Å²) in [4.78, 5) is 19.4. The van der Waals surface area contributed by atoms with E-state index in [9.17, 15) is 4.79 Å². The Labute approximate surface area is 122 Å². The number of thioether (sulfide) groups is 1. The molecule has 0 aliphatic carbocycles. The van der Waals surface area contributed by atoms with Gasteiger partial charge >= 0.3 is 0 Å². The summed E-state index contributed by atoms with van der Waals surface area (Å²) in [5, 5.41) is 4.01. The summed E-state index contributed by atoms with van der Waals surface area (Å²) in [6, 6.07) is 7.85. The van der Waals surface area contributed by atoms with E-state index >= 15 is 0 Å². The Balaban J connectivity index is 2.06. The van der Waals surface area contributed by atoms with Crippen LogP contribution in [0.25, 0.3) is 11.0 Å². The van der Waals surface area contributed by atoms with Crippen molar-refractivity contribution in [2.24, 2.45) is 5.73 Å². The predicted octanol–water partition coefficient (Wildman–Crippen LogP) is 1.90. The standard InChI is InChI=1S/C14H20N4OS/c1-3-8-16-14(2,12(15)19)9-20-13-17-10-6-4-5-7-11(10)18-13/h4-7,16H,3,8-9H2,1-2H3,(H2,15,19)(H,17,18). The molecule has 0 bridgehead atoms. The second-order valence-corrected chi connectivity index (χ2v) is 5.93. The number of hydrogen-bond donors (Lipinski definition) is 3. The summed E-state index contributed by atoms with van der Waals surface area (Å²) >= 11 is 1.50. The molecule has 0 spiro atoms. The van der Waals surface area contributed by atoms with Crippen molar-refractivity contribution in [3.8, 4) is 0 Å². The van der Waals surface area contributed by atoms with Crippen molar-refractivity contribution in [3.63, 3.8) is 0 Å². The second-order valence-electron chi connectivity index (χ2n) is 4.97. The molecule has 4 N–H and O–H groups in total. The van der Waals surface area contributed by atoms with E-state index in [2.05, 4.69) is 22.2 Å². The Morgan fingerprint density at radius 2 is 2.25 bits per heavy atom. The first-order valence-electron chi connectivity index (χ1n) is 6.67. The largest absolute Gasteiger partial charge is 0.368 e. The highest BCUT2D eigenvalue weighted by atomic mass is 32.2. The maximum atomic E-state index is 11.6. The number of amides is 1. The molecule has 0 aliphatic heterocycles. The third-order valence-corrected chi connectivity index (χ3v) is 4.36. The number of rotatable bonds is 7. The maximum Gasteiger partial charge on any atom is 0.238 e. The first-order chi connectivity index (χ1) is 9.55. The van der Waals surface area contributed by atoms with Crippen LogP contribution in [0.1, 0.15) is 20.3 Å². The minimum Gasteiger partial charge on any atom is -0.368 e. The molecule has 2 rings (SSSR count). The second kappa shape index (κ2) is 6.28. The van der Waals surface area contributed by atoms with Crippen LogP contribution >= 0.6 is 11.8 Å². The van der Waals surface area contributed by atoms with Gasteiger partial charge < -0.3 is 16.0 Å². The number of nitrogens with two attached hydrogens (primary N) is 1. The van der Waals surface area contributed by atoms with Gasteiger partial charge in [-0.25, -0.2) is 4.98 Å². The lowest BCUT2D eigenvalue weighted by Crippen LogP contribution is -2.55. The van der Waals surface area contributed by atoms with E-state index in [1.54, 1.807) is 0 Å². The van der Waals surface area contributed by atoms with Crippen LogP contribution in [0.2, 0.25) is 0 Å². The van der Waals surface area contributed by atoms with Gasteiger partial charge in [0, 0.05) is 5.75 Å². The van der Waals surface area contributed by atoms with E-state index in [-0.39, 0.29) is 5.91 Å². The fourth-order valence-corrected chi connectivity index (χ4v) is 2.84. The lowest BCUT2D eigenvalue weighted by molar-refractivity contribution is -0.122. The average molecular weight is 292 g/mol. The molecule has 0 radical (unpaired) electrons.